The fraction of sp³-hybridized carbons (Fsp3) is 0.500. The molecule has 0 amide bonds. The van der Waals surface area contributed by atoms with Crippen LogP contribution in [-0.4, -0.2) is 11.1 Å². The van der Waals surface area contributed by atoms with Gasteiger partial charge in [-0.05, 0) is 32.4 Å². The van der Waals surface area contributed by atoms with Crippen LogP contribution in [0, 0.1) is 0 Å². The first-order valence-electron chi connectivity index (χ1n) is 4.34. The Balaban J connectivity index is 2.82. The van der Waals surface area contributed by atoms with Crippen molar-refractivity contribution in [3.8, 4) is 5.75 Å². The van der Waals surface area contributed by atoms with Gasteiger partial charge in [0.15, 0.2) is 0 Å². The van der Waals surface area contributed by atoms with Crippen LogP contribution in [0.4, 0.5) is 0 Å². The van der Waals surface area contributed by atoms with Crippen molar-refractivity contribution < 1.29 is 4.74 Å². The molecular weight excluding hydrogens is 150 g/mol. The Labute approximate surface area is 73.6 Å². The normalized spacial score (nSPS) is 10.3. The van der Waals surface area contributed by atoms with E-state index in [4.69, 9.17) is 4.74 Å². The summed E-state index contributed by atoms with van der Waals surface area (Å²) in [6.07, 6.45) is 2.94. The molecule has 0 aliphatic heterocycles. The van der Waals surface area contributed by atoms with Crippen molar-refractivity contribution in [2.45, 2.75) is 33.3 Å². The molecule has 0 atom stereocenters. The number of aryl methyl sites for hydroxylation is 1. The van der Waals surface area contributed by atoms with E-state index in [9.17, 15) is 0 Å². The van der Waals surface area contributed by atoms with Crippen LogP contribution < -0.4 is 4.74 Å². The van der Waals surface area contributed by atoms with Crippen LogP contribution in [0.3, 0.4) is 0 Å². The molecule has 0 saturated heterocycles. The highest BCUT2D eigenvalue weighted by atomic mass is 16.5. The molecule has 2 nitrogen and oxygen atoms in total. The summed E-state index contributed by atoms with van der Waals surface area (Å²) in [7, 11) is 0. The van der Waals surface area contributed by atoms with E-state index in [1.165, 1.54) is 0 Å². The molecule has 1 rings (SSSR count). The van der Waals surface area contributed by atoms with Crippen molar-refractivity contribution in [2.75, 3.05) is 0 Å². The lowest BCUT2D eigenvalue weighted by Gasteiger charge is -2.11. The predicted molar refractivity (Wildman–Crippen MR) is 49.4 cm³/mol. The molecule has 2 heteroatoms. The minimum Gasteiger partial charge on any atom is -0.489 e. The summed E-state index contributed by atoms with van der Waals surface area (Å²) in [5.74, 6) is 0.912. The number of nitrogens with zero attached hydrogens (tertiary/aromatic N) is 1. The molecule has 0 aliphatic rings. The van der Waals surface area contributed by atoms with Crippen molar-refractivity contribution in [3.63, 3.8) is 0 Å². The number of pyridine rings is 1. The van der Waals surface area contributed by atoms with Gasteiger partial charge in [-0.15, -0.1) is 0 Å². The van der Waals surface area contributed by atoms with E-state index in [0.717, 1.165) is 17.9 Å². The second-order valence-corrected chi connectivity index (χ2v) is 2.97. The number of hydrogen-bond donors (Lipinski definition) is 0. The van der Waals surface area contributed by atoms with E-state index in [2.05, 4.69) is 11.9 Å². The Kier molecular flexibility index (Phi) is 3.09. The fourth-order valence-electron chi connectivity index (χ4n) is 1.05. The Morgan fingerprint density at radius 1 is 1.50 bits per heavy atom. The van der Waals surface area contributed by atoms with Gasteiger partial charge in [0.2, 0.25) is 0 Å². The van der Waals surface area contributed by atoms with Crippen LogP contribution in [0.2, 0.25) is 0 Å². The zero-order chi connectivity index (χ0) is 8.97. The largest absolute Gasteiger partial charge is 0.489 e. The van der Waals surface area contributed by atoms with E-state index in [-0.39, 0.29) is 6.10 Å². The molecule has 0 saturated carbocycles. The van der Waals surface area contributed by atoms with Gasteiger partial charge in [-0.3, -0.25) is 4.98 Å². The molecule has 0 aromatic carbocycles. The second kappa shape index (κ2) is 4.10. The van der Waals surface area contributed by atoms with E-state index in [1.807, 2.05) is 26.0 Å². The second-order valence-electron chi connectivity index (χ2n) is 2.97. The van der Waals surface area contributed by atoms with Crippen LogP contribution in [0.1, 0.15) is 26.5 Å². The highest BCUT2D eigenvalue weighted by Gasteiger charge is 2.02. The van der Waals surface area contributed by atoms with Crippen molar-refractivity contribution in [1.82, 2.24) is 4.98 Å². The molecule has 0 bridgehead atoms. The molecule has 12 heavy (non-hydrogen) atoms. The maximum atomic E-state index is 5.57. The minimum atomic E-state index is 0.222. The van der Waals surface area contributed by atoms with Crippen molar-refractivity contribution in [1.29, 1.82) is 0 Å². The van der Waals surface area contributed by atoms with Crippen LogP contribution in [0.5, 0.6) is 5.75 Å². The quantitative estimate of drug-likeness (QED) is 0.686. The topological polar surface area (TPSA) is 22.1 Å². The lowest BCUT2D eigenvalue weighted by Crippen LogP contribution is -2.07. The van der Waals surface area contributed by atoms with Gasteiger partial charge in [0.05, 0.1) is 11.8 Å². The molecule has 0 unspecified atom stereocenters. The summed E-state index contributed by atoms with van der Waals surface area (Å²) < 4.78 is 5.57. The van der Waals surface area contributed by atoms with E-state index >= 15 is 0 Å². The zero-order valence-electron chi connectivity index (χ0n) is 7.87. The van der Waals surface area contributed by atoms with E-state index < -0.39 is 0 Å². The molecule has 1 aromatic rings. The molecule has 66 valence electrons. The number of aromatic nitrogens is 1. The molecule has 0 aliphatic carbocycles. The molecule has 0 N–H and O–H groups in total. The van der Waals surface area contributed by atoms with Gasteiger partial charge < -0.3 is 4.74 Å². The average Bonchev–Trinajstić information content (AvgIpc) is 2.04. The summed E-state index contributed by atoms with van der Waals surface area (Å²) in [6, 6.07) is 3.86. The van der Waals surface area contributed by atoms with Crippen molar-refractivity contribution in [2.24, 2.45) is 0 Å². The highest BCUT2D eigenvalue weighted by Crippen LogP contribution is 2.16. The molecule has 0 radical (unpaired) electrons. The number of hydrogen-bond acceptors (Lipinski definition) is 2. The summed E-state index contributed by atoms with van der Waals surface area (Å²) >= 11 is 0. The highest BCUT2D eigenvalue weighted by molar-refractivity contribution is 5.26. The molecule has 0 spiro atoms. The number of rotatable bonds is 3. The first kappa shape index (κ1) is 9.04. The first-order chi connectivity index (χ1) is 5.74. The Morgan fingerprint density at radius 2 is 2.25 bits per heavy atom. The SMILES string of the molecule is CCc1ncccc1OC(C)C. The third-order valence-corrected chi connectivity index (χ3v) is 1.55. The predicted octanol–water partition coefficient (Wildman–Crippen LogP) is 2.43. The van der Waals surface area contributed by atoms with Gasteiger partial charge >= 0.3 is 0 Å². The lowest BCUT2D eigenvalue weighted by molar-refractivity contribution is 0.239. The van der Waals surface area contributed by atoms with Crippen LogP contribution >= 0.6 is 0 Å². The van der Waals surface area contributed by atoms with Crippen molar-refractivity contribution >= 4 is 0 Å². The minimum absolute atomic E-state index is 0.222. The smallest absolute Gasteiger partial charge is 0.141 e. The van der Waals surface area contributed by atoms with Crippen LogP contribution in [-0.2, 0) is 6.42 Å². The molecular formula is C10H15NO. The lowest BCUT2D eigenvalue weighted by atomic mass is 10.2. The van der Waals surface area contributed by atoms with Gasteiger partial charge in [-0.1, -0.05) is 6.92 Å². The van der Waals surface area contributed by atoms with Crippen LogP contribution in [0.15, 0.2) is 18.3 Å². The van der Waals surface area contributed by atoms with Gasteiger partial charge in [-0.25, -0.2) is 0 Å². The number of ether oxygens (including phenoxy) is 1. The van der Waals surface area contributed by atoms with Gasteiger partial charge in [0, 0.05) is 6.20 Å². The Bertz CT molecular complexity index is 245. The monoisotopic (exact) mass is 165 g/mol. The summed E-state index contributed by atoms with van der Waals surface area (Å²) in [4.78, 5) is 4.23. The summed E-state index contributed by atoms with van der Waals surface area (Å²) in [5, 5.41) is 0. The van der Waals surface area contributed by atoms with Crippen LogP contribution in [0.25, 0.3) is 0 Å². The van der Waals surface area contributed by atoms with Gasteiger partial charge in [-0.2, -0.15) is 0 Å². The zero-order valence-corrected chi connectivity index (χ0v) is 7.87. The average molecular weight is 165 g/mol. The maximum Gasteiger partial charge on any atom is 0.141 e. The van der Waals surface area contributed by atoms with Crippen molar-refractivity contribution in [3.05, 3.63) is 24.0 Å². The van der Waals surface area contributed by atoms with Gasteiger partial charge in [0.25, 0.3) is 0 Å². The Hall–Kier alpha value is -1.05. The molecule has 1 aromatic heterocycles. The summed E-state index contributed by atoms with van der Waals surface area (Å²) in [5.41, 5.74) is 1.03. The first-order valence-corrected chi connectivity index (χ1v) is 4.34. The van der Waals surface area contributed by atoms with E-state index in [0.29, 0.717) is 0 Å². The standard InChI is InChI=1S/C10H15NO/c1-4-9-10(12-8(2)3)6-5-7-11-9/h5-8H,4H2,1-3H3. The third-order valence-electron chi connectivity index (χ3n) is 1.55. The molecule has 1 heterocycles. The fourth-order valence-corrected chi connectivity index (χ4v) is 1.05. The summed E-state index contributed by atoms with van der Waals surface area (Å²) in [6.45, 7) is 6.12. The third kappa shape index (κ3) is 2.22. The van der Waals surface area contributed by atoms with E-state index in [1.54, 1.807) is 6.20 Å². The van der Waals surface area contributed by atoms with Gasteiger partial charge in [0.1, 0.15) is 5.75 Å². The maximum absolute atomic E-state index is 5.57. The molecule has 0 fully saturated rings. The Morgan fingerprint density at radius 3 is 2.83 bits per heavy atom.